The van der Waals surface area contributed by atoms with Gasteiger partial charge in [-0.2, -0.15) is 0 Å². The van der Waals surface area contributed by atoms with Gasteiger partial charge in [0.25, 0.3) is 10.0 Å². The lowest BCUT2D eigenvalue weighted by Crippen LogP contribution is -2.15. The second-order valence-electron chi connectivity index (χ2n) is 4.69. The molecule has 0 saturated heterocycles. The maximum absolute atomic E-state index is 12.7. The highest BCUT2D eigenvalue weighted by atomic mass is 32.2. The van der Waals surface area contributed by atoms with Crippen LogP contribution in [0.1, 0.15) is 0 Å². The van der Waals surface area contributed by atoms with Gasteiger partial charge in [0.05, 0.1) is 34.1 Å². The van der Waals surface area contributed by atoms with Crippen LogP contribution in [-0.2, 0) is 10.0 Å². The third kappa shape index (κ3) is 3.65. The topological polar surface area (TPSA) is 83.1 Å². The van der Waals surface area contributed by atoms with Gasteiger partial charge in [0.15, 0.2) is 0 Å². The fourth-order valence-electron chi connectivity index (χ4n) is 2.08. The highest BCUT2D eigenvalue weighted by Gasteiger charge is 2.22. The minimum atomic E-state index is -3.92. The van der Waals surface area contributed by atoms with Crippen LogP contribution in [0.3, 0.4) is 0 Å². The van der Waals surface area contributed by atoms with Gasteiger partial charge in [-0.3, -0.25) is 4.72 Å². The molecule has 0 atom stereocenters. The molecule has 2 aromatic rings. The molecular formula is C16H19NO6S. The smallest absolute Gasteiger partial charge is 0.265 e. The van der Waals surface area contributed by atoms with Gasteiger partial charge in [0.1, 0.15) is 27.9 Å². The summed E-state index contributed by atoms with van der Waals surface area (Å²) in [5.74, 6) is 1.49. The van der Waals surface area contributed by atoms with Crippen molar-refractivity contribution in [3.05, 3.63) is 36.4 Å². The van der Waals surface area contributed by atoms with Crippen molar-refractivity contribution >= 4 is 15.7 Å². The molecule has 2 rings (SSSR count). The van der Waals surface area contributed by atoms with Crippen LogP contribution >= 0.6 is 0 Å². The van der Waals surface area contributed by atoms with Crippen LogP contribution in [0.25, 0.3) is 0 Å². The zero-order valence-electron chi connectivity index (χ0n) is 13.8. The SMILES string of the molecule is COc1ccc(NS(=O)(=O)c2cc(OC)ccc2OC)c(OC)c1. The van der Waals surface area contributed by atoms with Gasteiger partial charge in [-0.15, -0.1) is 0 Å². The summed E-state index contributed by atoms with van der Waals surface area (Å²) in [6.07, 6.45) is 0. The van der Waals surface area contributed by atoms with Gasteiger partial charge < -0.3 is 18.9 Å². The summed E-state index contributed by atoms with van der Waals surface area (Å²) >= 11 is 0. The molecule has 0 bridgehead atoms. The summed E-state index contributed by atoms with van der Waals surface area (Å²) in [7, 11) is 1.89. The van der Waals surface area contributed by atoms with E-state index in [0.717, 1.165) is 0 Å². The Kier molecular flexibility index (Phi) is 5.40. The lowest BCUT2D eigenvalue weighted by molar-refractivity contribution is 0.392. The number of ether oxygens (including phenoxy) is 4. The highest BCUT2D eigenvalue weighted by molar-refractivity contribution is 7.92. The summed E-state index contributed by atoms with van der Waals surface area (Å²) < 4.78 is 48.5. The first-order chi connectivity index (χ1) is 11.4. The highest BCUT2D eigenvalue weighted by Crippen LogP contribution is 2.34. The molecule has 0 aliphatic carbocycles. The second kappa shape index (κ2) is 7.31. The van der Waals surface area contributed by atoms with Crippen LogP contribution in [0, 0.1) is 0 Å². The van der Waals surface area contributed by atoms with Crippen molar-refractivity contribution in [2.75, 3.05) is 33.2 Å². The largest absolute Gasteiger partial charge is 0.497 e. The molecule has 0 saturated carbocycles. The van der Waals surface area contributed by atoms with E-state index in [2.05, 4.69) is 4.72 Å². The minimum absolute atomic E-state index is 0.0396. The Labute approximate surface area is 141 Å². The number of sulfonamides is 1. The fraction of sp³-hybridized carbons (Fsp3) is 0.250. The predicted molar refractivity (Wildman–Crippen MR) is 89.9 cm³/mol. The first-order valence-corrected chi connectivity index (χ1v) is 8.40. The molecular weight excluding hydrogens is 334 g/mol. The Hall–Kier alpha value is -2.61. The van der Waals surface area contributed by atoms with Gasteiger partial charge in [0, 0.05) is 12.1 Å². The number of benzene rings is 2. The lowest BCUT2D eigenvalue weighted by atomic mass is 10.3. The quantitative estimate of drug-likeness (QED) is 0.823. The van der Waals surface area contributed by atoms with Crippen LogP contribution in [0.15, 0.2) is 41.3 Å². The maximum Gasteiger partial charge on any atom is 0.265 e. The van der Waals surface area contributed by atoms with Crippen molar-refractivity contribution in [1.82, 2.24) is 0 Å². The summed E-state index contributed by atoms with van der Waals surface area (Å²) in [4.78, 5) is -0.0396. The Bertz CT molecular complexity index is 819. The molecule has 0 spiro atoms. The molecule has 130 valence electrons. The summed E-state index contributed by atoms with van der Waals surface area (Å²) in [6.45, 7) is 0. The average Bonchev–Trinajstić information content (AvgIpc) is 2.61. The molecule has 0 aliphatic heterocycles. The zero-order chi connectivity index (χ0) is 17.7. The zero-order valence-corrected chi connectivity index (χ0v) is 14.6. The van der Waals surface area contributed by atoms with E-state index < -0.39 is 10.0 Å². The molecule has 0 aromatic heterocycles. The normalized spacial score (nSPS) is 10.8. The number of nitrogens with one attached hydrogen (secondary N) is 1. The number of hydrogen-bond donors (Lipinski definition) is 1. The average molecular weight is 353 g/mol. The first-order valence-electron chi connectivity index (χ1n) is 6.92. The van der Waals surface area contributed by atoms with Crippen LogP contribution in [0.4, 0.5) is 5.69 Å². The van der Waals surface area contributed by atoms with E-state index in [4.69, 9.17) is 18.9 Å². The van der Waals surface area contributed by atoms with E-state index in [1.165, 1.54) is 40.6 Å². The summed E-state index contributed by atoms with van der Waals surface area (Å²) in [5, 5.41) is 0. The molecule has 1 N–H and O–H groups in total. The van der Waals surface area contributed by atoms with E-state index >= 15 is 0 Å². The van der Waals surface area contributed by atoms with Crippen LogP contribution < -0.4 is 23.7 Å². The summed E-state index contributed by atoms with van der Waals surface area (Å²) in [5.41, 5.74) is 0.281. The van der Waals surface area contributed by atoms with E-state index in [1.807, 2.05) is 0 Å². The fourth-order valence-corrected chi connectivity index (χ4v) is 3.33. The third-order valence-corrected chi connectivity index (χ3v) is 4.70. The Morgan fingerprint density at radius 1 is 0.750 bits per heavy atom. The number of hydrogen-bond acceptors (Lipinski definition) is 6. The molecule has 7 nitrogen and oxygen atoms in total. The Morgan fingerprint density at radius 2 is 1.33 bits per heavy atom. The molecule has 24 heavy (non-hydrogen) atoms. The van der Waals surface area contributed by atoms with Crippen LogP contribution in [0.2, 0.25) is 0 Å². The molecule has 0 radical (unpaired) electrons. The number of methoxy groups -OCH3 is 4. The number of anilines is 1. The molecule has 0 aliphatic rings. The minimum Gasteiger partial charge on any atom is -0.497 e. The second-order valence-corrected chi connectivity index (χ2v) is 6.34. The standard InChI is InChI=1S/C16H19NO6S/c1-20-11-5-7-13(15(9-11)23-4)17-24(18,19)16-10-12(21-2)6-8-14(16)22-3/h5-10,17H,1-4H3. The van der Waals surface area contributed by atoms with Crippen molar-refractivity contribution in [2.24, 2.45) is 0 Å². The van der Waals surface area contributed by atoms with Crippen molar-refractivity contribution in [3.8, 4) is 23.0 Å². The molecule has 0 heterocycles. The Morgan fingerprint density at radius 3 is 1.92 bits per heavy atom. The predicted octanol–water partition coefficient (Wildman–Crippen LogP) is 2.52. The van der Waals surface area contributed by atoms with Crippen LogP contribution in [0.5, 0.6) is 23.0 Å². The van der Waals surface area contributed by atoms with Crippen molar-refractivity contribution in [1.29, 1.82) is 0 Å². The van der Waals surface area contributed by atoms with Gasteiger partial charge in [-0.25, -0.2) is 8.42 Å². The van der Waals surface area contributed by atoms with Gasteiger partial charge in [0.2, 0.25) is 0 Å². The molecule has 0 fully saturated rings. The monoisotopic (exact) mass is 353 g/mol. The van der Waals surface area contributed by atoms with Crippen molar-refractivity contribution in [3.63, 3.8) is 0 Å². The van der Waals surface area contributed by atoms with Gasteiger partial charge in [-0.05, 0) is 24.3 Å². The van der Waals surface area contributed by atoms with Gasteiger partial charge >= 0.3 is 0 Å². The maximum atomic E-state index is 12.7. The molecule has 8 heteroatoms. The number of rotatable bonds is 7. The first kappa shape index (κ1) is 17.7. The van der Waals surface area contributed by atoms with E-state index in [0.29, 0.717) is 17.2 Å². The van der Waals surface area contributed by atoms with E-state index in [9.17, 15) is 8.42 Å². The molecule has 0 amide bonds. The van der Waals surface area contributed by atoms with Crippen molar-refractivity contribution in [2.45, 2.75) is 4.90 Å². The van der Waals surface area contributed by atoms with Crippen LogP contribution in [-0.4, -0.2) is 36.9 Å². The summed E-state index contributed by atoms with van der Waals surface area (Å²) in [6, 6.07) is 9.30. The third-order valence-electron chi connectivity index (χ3n) is 3.31. The molecule has 0 unspecified atom stereocenters. The van der Waals surface area contributed by atoms with E-state index in [-0.39, 0.29) is 16.3 Å². The van der Waals surface area contributed by atoms with Crippen molar-refractivity contribution < 1.29 is 27.4 Å². The lowest BCUT2D eigenvalue weighted by Gasteiger charge is -2.15. The van der Waals surface area contributed by atoms with Gasteiger partial charge in [-0.1, -0.05) is 0 Å². The Balaban J connectivity index is 2.46. The molecule has 2 aromatic carbocycles. The van der Waals surface area contributed by atoms with E-state index in [1.54, 1.807) is 24.3 Å².